The zero-order valence-electron chi connectivity index (χ0n) is 11.1. The molecule has 1 unspecified atom stereocenters. The molecule has 7 heteroatoms. The Morgan fingerprint density at radius 3 is 2.90 bits per heavy atom. The molecule has 1 aromatic rings. The van der Waals surface area contributed by atoms with E-state index in [0.717, 1.165) is 6.42 Å². The van der Waals surface area contributed by atoms with Gasteiger partial charge in [0.25, 0.3) is 9.05 Å². The van der Waals surface area contributed by atoms with Gasteiger partial charge in [0.05, 0.1) is 10.8 Å². The SMILES string of the molecule is CCCNC(=O)C1COc2ccc(S(=O)(=O)Cl)cc2C1. The van der Waals surface area contributed by atoms with Gasteiger partial charge in [0, 0.05) is 17.2 Å². The standard InChI is InChI=1S/C13H16ClNO4S/c1-2-5-15-13(16)10-6-9-7-11(20(14,17)18)3-4-12(9)19-8-10/h3-4,7,10H,2,5-6,8H2,1H3,(H,15,16). The number of halogens is 1. The lowest BCUT2D eigenvalue weighted by atomic mass is 9.96. The van der Waals surface area contributed by atoms with Crippen LogP contribution >= 0.6 is 10.7 Å². The molecule has 5 nitrogen and oxygen atoms in total. The Morgan fingerprint density at radius 1 is 1.50 bits per heavy atom. The number of amides is 1. The number of fused-ring (bicyclic) bond motifs is 1. The molecule has 0 saturated heterocycles. The van der Waals surface area contributed by atoms with Crippen LogP contribution in [0.15, 0.2) is 23.1 Å². The number of benzene rings is 1. The lowest BCUT2D eigenvalue weighted by Crippen LogP contribution is -2.37. The second-order valence-corrected chi connectivity index (χ2v) is 7.28. The fraction of sp³-hybridized carbons (Fsp3) is 0.462. The third-order valence-electron chi connectivity index (χ3n) is 3.14. The average Bonchev–Trinajstić information content (AvgIpc) is 2.42. The number of nitrogens with one attached hydrogen (secondary N) is 1. The molecule has 1 atom stereocenters. The lowest BCUT2D eigenvalue weighted by Gasteiger charge is -2.24. The molecule has 0 aliphatic carbocycles. The van der Waals surface area contributed by atoms with Crippen LogP contribution in [0.5, 0.6) is 5.75 Å². The molecule has 1 heterocycles. The Kier molecular flexibility index (Phi) is 4.55. The van der Waals surface area contributed by atoms with E-state index in [1.165, 1.54) is 12.1 Å². The van der Waals surface area contributed by atoms with E-state index in [4.69, 9.17) is 15.4 Å². The highest BCUT2D eigenvalue weighted by Crippen LogP contribution is 2.30. The summed E-state index contributed by atoms with van der Waals surface area (Å²) in [5, 5.41) is 2.81. The minimum absolute atomic E-state index is 0.0242. The van der Waals surface area contributed by atoms with E-state index in [1.807, 2.05) is 6.92 Å². The molecule has 2 rings (SSSR count). The molecule has 20 heavy (non-hydrogen) atoms. The van der Waals surface area contributed by atoms with E-state index in [1.54, 1.807) is 6.07 Å². The smallest absolute Gasteiger partial charge is 0.261 e. The minimum atomic E-state index is -3.77. The Balaban J connectivity index is 2.18. The normalized spacial score (nSPS) is 18.0. The average molecular weight is 318 g/mol. The molecular weight excluding hydrogens is 302 g/mol. The number of hydrogen-bond donors (Lipinski definition) is 1. The first-order valence-electron chi connectivity index (χ1n) is 6.40. The molecule has 0 radical (unpaired) electrons. The van der Waals surface area contributed by atoms with Crippen LogP contribution in [0, 0.1) is 5.92 Å². The van der Waals surface area contributed by atoms with Crippen LogP contribution in [0.4, 0.5) is 0 Å². The second kappa shape index (κ2) is 6.01. The van der Waals surface area contributed by atoms with Gasteiger partial charge >= 0.3 is 0 Å². The van der Waals surface area contributed by atoms with Crippen molar-refractivity contribution in [3.8, 4) is 5.75 Å². The Bertz CT molecular complexity index is 615. The fourth-order valence-electron chi connectivity index (χ4n) is 2.08. The maximum atomic E-state index is 11.9. The monoisotopic (exact) mass is 317 g/mol. The molecule has 0 fully saturated rings. The van der Waals surface area contributed by atoms with Crippen molar-refractivity contribution in [2.24, 2.45) is 5.92 Å². The molecular formula is C13H16ClNO4S. The van der Waals surface area contributed by atoms with Crippen LogP contribution in [0.1, 0.15) is 18.9 Å². The van der Waals surface area contributed by atoms with Gasteiger partial charge in [-0.1, -0.05) is 6.92 Å². The van der Waals surface area contributed by atoms with E-state index in [0.29, 0.717) is 30.9 Å². The van der Waals surface area contributed by atoms with Crippen LogP contribution in [-0.2, 0) is 20.3 Å². The van der Waals surface area contributed by atoms with Crippen molar-refractivity contribution < 1.29 is 17.9 Å². The van der Waals surface area contributed by atoms with Crippen LogP contribution in [0.2, 0.25) is 0 Å². The fourth-order valence-corrected chi connectivity index (χ4v) is 2.89. The van der Waals surface area contributed by atoms with Gasteiger partial charge in [0.15, 0.2) is 0 Å². The highest BCUT2D eigenvalue weighted by Gasteiger charge is 2.26. The summed E-state index contributed by atoms with van der Waals surface area (Å²) in [7, 11) is 1.55. The predicted octanol–water partition coefficient (Wildman–Crippen LogP) is 1.69. The maximum absolute atomic E-state index is 11.9. The summed E-state index contributed by atoms with van der Waals surface area (Å²) in [5.41, 5.74) is 0.689. The van der Waals surface area contributed by atoms with E-state index in [9.17, 15) is 13.2 Å². The summed E-state index contributed by atoms with van der Waals surface area (Å²) in [4.78, 5) is 11.9. The van der Waals surface area contributed by atoms with Gasteiger partial charge < -0.3 is 10.1 Å². The van der Waals surface area contributed by atoms with Crippen molar-refractivity contribution in [2.45, 2.75) is 24.7 Å². The van der Waals surface area contributed by atoms with Crippen molar-refractivity contribution in [3.05, 3.63) is 23.8 Å². The molecule has 1 amide bonds. The van der Waals surface area contributed by atoms with Crippen molar-refractivity contribution in [2.75, 3.05) is 13.2 Å². The summed E-state index contributed by atoms with van der Waals surface area (Å²) >= 11 is 0. The van der Waals surface area contributed by atoms with Crippen molar-refractivity contribution in [3.63, 3.8) is 0 Å². The van der Waals surface area contributed by atoms with Crippen LogP contribution in [0.25, 0.3) is 0 Å². The van der Waals surface area contributed by atoms with Gasteiger partial charge in [-0.15, -0.1) is 0 Å². The first kappa shape index (κ1) is 15.1. The predicted molar refractivity (Wildman–Crippen MR) is 75.5 cm³/mol. The van der Waals surface area contributed by atoms with Crippen LogP contribution < -0.4 is 10.1 Å². The van der Waals surface area contributed by atoms with Crippen molar-refractivity contribution >= 4 is 25.6 Å². The third kappa shape index (κ3) is 3.43. The van der Waals surface area contributed by atoms with E-state index < -0.39 is 9.05 Å². The highest BCUT2D eigenvalue weighted by molar-refractivity contribution is 8.13. The van der Waals surface area contributed by atoms with E-state index in [2.05, 4.69) is 5.32 Å². The molecule has 1 aliphatic rings. The van der Waals surface area contributed by atoms with Gasteiger partial charge in [-0.3, -0.25) is 4.79 Å². The van der Waals surface area contributed by atoms with Crippen LogP contribution in [0.3, 0.4) is 0 Å². The summed E-state index contributed by atoms with van der Waals surface area (Å²) in [5.74, 6) is 0.229. The molecule has 0 bridgehead atoms. The molecule has 1 N–H and O–H groups in total. The summed E-state index contributed by atoms with van der Waals surface area (Å²) < 4.78 is 28.1. The van der Waals surface area contributed by atoms with Crippen molar-refractivity contribution in [1.29, 1.82) is 0 Å². The Hall–Kier alpha value is -1.27. The number of carbonyl (C=O) groups is 1. The third-order valence-corrected chi connectivity index (χ3v) is 4.49. The Morgan fingerprint density at radius 2 is 2.25 bits per heavy atom. The molecule has 0 saturated carbocycles. The number of ether oxygens (including phenoxy) is 1. The zero-order chi connectivity index (χ0) is 14.8. The quantitative estimate of drug-likeness (QED) is 0.858. The summed E-state index contributed by atoms with van der Waals surface area (Å²) in [6.07, 6.45) is 1.32. The van der Waals surface area contributed by atoms with E-state index >= 15 is 0 Å². The number of rotatable bonds is 4. The minimum Gasteiger partial charge on any atom is -0.492 e. The van der Waals surface area contributed by atoms with Gasteiger partial charge in [-0.05, 0) is 36.6 Å². The molecule has 1 aliphatic heterocycles. The second-order valence-electron chi connectivity index (χ2n) is 4.71. The first-order chi connectivity index (χ1) is 9.41. The summed E-state index contributed by atoms with van der Waals surface area (Å²) in [6.45, 7) is 2.90. The summed E-state index contributed by atoms with van der Waals surface area (Å²) in [6, 6.07) is 4.44. The zero-order valence-corrected chi connectivity index (χ0v) is 12.6. The van der Waals surface area contributed by atoms with Gasteiger partial charge in [-0.25, -0.2) is 8.42 Å². The molecule has 0 spiro atoms. The highest BCUT2D eigenvalue weighted by atomic mass is 35.7. The maximum Gasteiger partial charge on any atom is 0.261 e. The molecule has 0 aromatic heterocycles. The van der Waals surface area contributed by atoms with Crippen molar-refractivity contribution in [1.82, 2.24) is 5.32 Å². The lowest BCUT2D eigenvalue weighted by molar-refractivity contribution is -0.126. The van der Waals surface area contributed by atoms with E-state index in [-0.39, 0.29) is 16.7 Å². The largest absolute Gasteiger partial charge is 0.492 e. The number of hydrogen-bond acceptors (Lipinski definition) is 4. The number of carbonyl (C=O) groups excluding carboxylic acids is 1. The first-order valence-corrected chi connectivity index (χ1v) is 8.71. The van der Waals surface area contributed by atoms with Gasteiger partial charge in [0.1, 0.15) is 12.4 Å². The molecule has 110 valence electrons. The van der Waals surface area contributed by atoms with Crippen LogP contribution in [-0.4, -0.2) is 27.5 Å². The molecule has 1 aromatic carbocycles. The van der Waals surface area contributed by atoms with Gasteiger partial charge in [0.2, 0.25) is 5.91 Å². The topological polar surface area (TPSA) is 72.5 Å². The van der Waals surface area contributed by atoms with Gasteiger partial charge in [-0.2, -0.15) is 0 Å². The Labute approximate surface area is 122 Å².